The van der Waals surface area contributed by atoms with Crippen molar-refractivity contribution >= 4 is 46.1 Å². The van der Waals surface area contributed by atoms with Crippen LogP contribution in [-0.4, -0.2) is 33.5 Å². The summed E-state index contributed by atoms with van der Waals surface area (Å²) in [5.74, 6) is -1.54. The van der Waals surface area contributed by atoms with Gasteiger partial charge in [0, 0.05) is 0 Å². The highest BCUT2D eigenvalue weighted by Crippen LogP contribution is 2.19. The fourth-order valence-corrected chi connectivity index (χ4v) is 2.57. The van der Waals surface area contributed by atoms with E-state index in [-0.39, 0.29) is 10.8 Å². The van der Waals surface area contributed by atoms with Crippen LogP contribution >= 0.6 is 12.2 Å². The molecule has 6 heteroatoms. The lowest BCUT2D eigenvalue weighted by atomic mass is 10.1. The molecule has 1 aliphatic heterocycles. The first-order chi connectivity index (χ1) is 10.5. The number of carboxylic acid groups (broad SMARTS) is 1. The van der Waals surface area contributed by atoms with E-state index in [0.717, 1.165) is 21.2 Å². The van der Waals surface area contributed by atoms with E-state index >= 15 is 0 Å². The van der Waals surface area contributed by atoms with Crippen LogP contribution < -0.4 is 5.32 Å². The van der Waals surface area contributed by atoms with Crippen molar-refractivity contribution in [2.75, 3.05) is 6.54 Å². The molecule has 5 nitrogen and oxygen atoms in total. The summed E-state index contributed by atoms with van der Waals surface area (Å²) in [6, 6.07) is 13.7. The number of benzene rings is 2. The maximum Gasteiger partial charge on any atom is 0.323 e. The molecule has 1 saturated heterocycles. The predicted octanol–water partition coefficient (Wildman–Crippen LogP) is 1.98. The van der Waals surface area contributed by atoms with Crippen LogP contribution in [0.2, 0.25) is 0 Å². The Hall–Kier alpha value is -2.73. The highest BCUT2D eigenvalue weighted by Gasteiger charge is 2.31. The zero-order chi connectivity index (χ0) is 15.7. The molecule has 2 N–H and O–H groups in total. The average molecular weight is 312 g/mol. The van der Waals surface area contributed by atoms with Crippen molar-refractivity contribution in [2.45, 2.75) is 0 Å². The molecule has 0 spiro atoms. The molecule has 0 unspecified atom stereocenters. The van der Waals surface area contributed by atoms with Gasteiger partial charge < -0.3 is 10.4 Å². The maximum absolute atomic E-state index is 12.2. The van der Waals surface area contributed by atoms with Crippen molar-refractivity contribution in [3.8, 4) is 0 Å². The minimum atomic E-state index is -1.11. The number of rotatable bonds is 3. The Bertz CT molecular complexity index is 829. The molecule has 0 bridgehead atoms. The van der Waals surface area contributed by atoms with Gasteiger partial charge in [-0.15, -0.1) is 0 Å². The van der Waals surface area contributed by atoms with Crippen molar-refractivity contribution in [1.29, 1.82) is 0 Å². The van der Waals surface area contributed by atoms with E-state index in [2.05, 4.69) is 5.32 Å². The summed E-state index contributed by atoms with van der Waals surface area (Å²) in [6.45, 7) is -0.445. The molecule has 110 valence electrons. The van der Waals surface area contributed by atoms with Crippen LogP contribution in [-0.2, 0) is 9.59 Å². The van der Waals surface area contributed by atoms with E-state index in [4.69, 9.17) is 17.3 Å². The van der Waals surface area contributed by atoms with Crippen LogP contribution in [0.25, 0.3) is 16.8 Å². The van der Waals surface area contributed by atoms with Crippen molar-refractivity contribution in [1.82, 2.24) is 10.2 Å². The first kappa shape index (κ1) is 14.2. The number of hydrogen-bond donors (Lipinski definition) is 2. The number of aliphatic carboxylic acids is 1. The standard InChI is InChI=1S/C16H12N2O3S/c19-14(20)9-18-15(21)13(17-16(18)22)8-10-5-6-11-3-1-2-4-12(11)7-10/h1-8H,9H2,(H,17,22)(H,19,20)/b13-8+. The summed E-state index contributed by atoms with van der Waals surface area (Å²) in [5.41, 5.74) is 1.12. The van der Waals surface area contributed by atoms with Crippen molar-refractivity contribution in [2.24, 2.45) is 0 Å². The summed E-state index contributed by atoms with van der Waals surface area (Å²) >= 11 is 5.00. The molecule has 2 aromatic rings. The van der Waals surface area contributed by atoms with Gasteiger partial charge in [0.25, 0.3) is 5.91 Å². The third-order valence-corrected chi connectivity index (χ3v) is 3.66. The van der Waals surface area contributed by atoms with Crippen LogP contribution in [0, 0.1) is 0 Å². The number of carbonyl (C=O) groups is 2. The van der Waals surface area contributed by atoms with Crippen molar-refractivity contribution < 1.29 is 14.7 Å². The summed E-state index contributed by atoms with van der Waals surface area (Å²) in [4.78, 5) is 24.0. The Morgan fingerprint density at radius 3 is 2.68 bits per heavy atom. The topological polar surface area (TPSA) is 69.6 Å². The molecule has 1 amide bonds. The molecule has 1 aliphatic rings. The molecular formula is C16H12N2O3S. The van der Waals surface area contributed by atoms with E-state index in [9.17, 15) is 9.59 Å². The first-order valence-electron chi connectivity index (χ1n) is 6.60. The minimum absolute atomic E-state index is 0.111. The Labute approximate surface area is 131 Å². The second-order valence-electron chi connectivity index (χ2n) is 4.88. The lowest BCUT2D eigenvalue weighted by Gasteiger charge is -2.09. The zero-order valence-electron chi connectivity index (χ0n) is 11.4. The highest BCUT2D eigenvalue weighted by atomic mass is 32.1. The normalized spacial score (nSPS) is 16.4. The maximum atomic E-state index is 12.2. The van der Waals surface area contributed by atoms with Crippen LogP contribution in [0.15, 0.2) is 48.2 Å². The van der Waals surface area contributed by atoms with Crippen LogP contribution in [0.1, 0.15) is 5.56 Å². The Kier molecular flexibility index (Phi) is 3.60. The van der Waals surface area contributed by atoms with Gasteiger partial charge in [0.05, 0.1) is 0 Å². The largest absolute Gasteiger partial charge is 0.480 e. The van der Waals surface area contributed by atoms with Gasteiger partial charge in [-0.2, -0.15) is 0 Å². The Balaban J connectivity index is 1.92. The number of nitrogens with zero attached hydrogens (tertiary/aromatic N) is 1. The van der Waals surface area contributed by atoms with Gasteiger partial charge in [0.1, 0.15) is 12.2 Å². The number of hydrogen-bond acceptors (Lipinski definition) is 3. The highest BCUT2D eigenvalue weighted by molar-refractivity contribution is 7.80. The van der Waals surface area contributed by atoms with Gasteiger partial charge in [0.2, 0.25) is 0 Å². The molecule has 3 rings (SSSR count). The molecule has 22 heavy (non-hydrogen) atoms. The Morgan fingerprint density at radius 1 is 1.23 bits per heavy atom. The lowest BCUT2D eigenvalue weighted by Crippen LogP contribution is -2.35. The summed E-state index contributed by atoms with van der Waals surface area (Å²) in [6.07, 6.45) is 1.67. The smallest absolute Gasteiger partial charge is 0.323 e. The molecule has 1 heterocycles. The minimum Gasteiger partial charge on any atom is -0.480 e. The van der Waals surface area contributed by atoms with Crippen LogP contribution in [0.4, 0.5) is 0 Å². The molecule has 0 radical (unpaired) electrons. The summed E-state index contributed by atoms with van der Waals surface area (Å²) in [5, 5.41) is 13.8. The predicted molar refractivity (Wildman–Crippen MR) is 87.0 cm³/mol. The molecule has 1 fully saturated rings. The second-order valence-corrected chi connectivity index (χ2v) is 5.27. The fourth-order valence-electron chi connectivity index (χ4n) is 2.31. The first-order valence-corrected chi connectivity index (χ1v) is 7.00. The summed E-state index contributed by atoms with van der Waals surface area (Å²) in [7, 11) is 0. The third kappa shape index (κ3) is 2.68. The molecule has 0 aromatic heterocycles. The number of nitrogens with one attached hydrogen (secondary N) is 1. The molecular weight excluding hydrogens is 300 g/mol. The number of thiocarbonyl (C=S) groups is 1. The van der Waals surface area contributed by atoms with E-state index in [1.807, 2.05) is 42.5 Å². The lowest BCUT2D eigenvalue weighted by molar-refractivity contribution is -0.140. The van der Waals surface area contributed by atoms with Gasteiger partial charge in [-0.25, -0.2) is 0 Å². The van der Waals surface area contributed by atoms with Crippen LogP contribution in [0.3, 0.4) is 0 Å². The number of amides is 1. The molecule has 0 atom stereocenters. The van der Waals surface area contributed by atoms with Gasteiger partial charge in [0.15, 0.2) is 5.11 Å². The van der Waals surface area contributed by atoms with Gasteiger partial charge in [-0.3, -0.25) is 14.5 Å². The zero-order valence-corrected chi connectivity index (χ0v) is 12.3. The molecule has 0 aliphatic carbocycles. The average Bonchev–Trinajstić information content (AvgIpc) is 2.74. The molecule has 2 aromatic carbocycles. The van der Waals surface area contributed by atoms with E-state index in [1.54, 1.807) is 6.08 Å². The van der Waals surface area contributed by atoms with Crippen molar-refractivity contribution in [3.63, 3.8) is 0 Å². The van der Waals surface area contributed by atoms with Gasteiger partial charge in [-0.05, 0) is 40.7 Å². The van der Waals surface area contributed by atoms with E-state index in [1.165, 1.54) is 0 Å². The quantitative estimate of drug-likeness (QED) is 0.670. The second kappa shape index (κ2) is 5.57. The van der Waals surface area contributed by atoms with Crippen molar-refractivity contribution in [3.05, 3.63) is 53.7 Å². The van der Waals surface area contributed by atoms with Gasteiger partial charge in [-0.1, -0.05) is 36.4 Å². The SMILES string of the molecule is O=C(O)CN1C(=O)/C(=C\c2ccc3ccccc3c2)NC1=S. The third-order valence-electron chi connectivity index (χ3n) is 3.34. The molecule has 0 saturated carbocycles. The number of carboxylic acids is 1. The Morgan fingerprint density at radius 2 is 1.95 bits per heavy atom. The monoisotopic (exact) mass is 312 g/mol. The fraction of sp³-hybridized carbons (Fsp3) is 0.0625. The van der Waals surface area contributed by atoms with Gasteiger partial charge >= 0.3 is 5.97 Å². The number of carbonyl (C=O) groups excluding carboxylic acids is 1. The summed E-state index contributed by atoms with van der Waals surface area (Å²) < 4.78 is 0. The van der Waals surface area contributed by atoms with E-state index < -0.39 is 18.4 Å². The van der Waals surface area contributed by atoms with E-state index in [0.29, 0.717) is 0 Å². The van der Waals surface area contributed by atoms with Crippen LogP contribution in [0.5, 0.6) is 0 Å². The number of fused-ring (bicyclic) bond motifs is 1.